The van der Waals surface area contributed by atoms with Crippen LogP contribution in [-0.4, -0.2) is 23.7 Å². The minimum atomic E-state index is -0.359. The zero-order valence-corrected chi connectivity index (χ0v) is 15.7. The molecule has 0 N–H and O–H groups in total. The second-order valence-electron chi connectivity index (χ2n) is 6.23. The normalized spacial score (nSPS) is 12.0. The van der Waals surface area contributed by atoms with Gasteiger partial charge in [-0.25, -0.2) is 4.39 Å². The van der Waals surface area contributed by atoms with Gasteiger partial charge in [0.1, 0.15) is 12.1 Å². The maximum absolute atomic E-state index is 13.3. The summed E-state index contributed by atoms with van der Waals surface area (Å²) in [6, 6.07) is 19.9. The van der Waals surface area contributed by atoms with E-state index in [9.17, 15) is 4.39 Å². The second-order valence-corrected chi connectivity index (χ2v) is 6.23. The predicted molar refractivity (Wildman–Crippen MR) is 107 cm³/mol. The standard InChI is InChI=1S/C12H7FN2.C11H10N2O/c13-12-8-15-6-5-11(12)10-3-1-9(7-14)2-4-10;1-13-8-14-7-11(13)10-4-2-9(6-12)3-5-10/h1-6,8H;2-5,7H,8H2,1H3. The minimum Gasteiger partial charge on any atom is -0.479 e. The van der Waals surface area contributed by atoms with E-state index in [1.165, 1.54) is 12.4 Å². The molecule has 0 amide bonds. The van der Waals surface area contributed by atoms with Crippen LogP contribution in [0.25, 0.3) is 16.8 Å². The molecular weight excluding hydrogens is 367 g/mol. The first kappa shape index (κ1) is 19.6. The lowest BCUT2D eigenvalue weighted by molar-refractivity contribution is 0.194. The van der Waals surface area contributed by atoms with E-state index in [-0.39, 0.29) is 5.82 Å². The Bertz CT molecular complexity index is 1090. The fraction of sp³-hybridized carbons (Fsp3) is 0.0870. The van der Waals surface area contributed by atoms with Crippen molar-refractivity contribution in [3.63, 3.8) is 0 Å². The summed E-state index contributed by atoms with van der Waals surface area (Å²) in [5.41, 5.74) is 4.60. The van der Waals surface area contributed by atoms with Crippen LogP contribution in [0.2, 0.25) is 0 Å². The molecule has 1 aromatic heterocycles. The SMILES string of the molecule is CN1COC=C1c1ccc(C#N)cc1.N#Cc1ccc(-c2ccncc2F)cc1. The molecule has 0 aliphatic carbocycles. The van der Waals surface area contributed by atoms with Gasteiger partial charge in [0.15, 0.2) is 6.73 Å². The van der Waals surface area contributed by atoms with Crippen molar-refractivity contribution in [1.82, 2.24) is 9.88 Å². The summed E-state index contributed by atoms with van der Waals surface area (Å²) in [6.07, 6.45) is 4.45. The molecule has 0 spiro atoms. The lowest BCUT2D eigenvalue weighted by atomic mass is 10.1. The number of nitriles is 2. The molecule has 2 aromatic carbocycles. The van der Waals surface area contributed by atoms with Gasteiger partial charge in [-0.1, -0.05) is 24.3 Å². The molecule has 0 fully saturated rings. The molecule has 2 heterocycles. The fourth-order valence-electron chi connectivity index (χ4n) is 2.73. The molecule has 0 atom stereocenters. The van der Waals surface area contributed by atoms with E-state index in [4.69, 9.17) is 15.3 Å². The van der Waals surface area contributed by atoms with Crippen molar-refractivity contribution >= 4 is 5.70 Å². The monoisotopic (exact) mass is 384 g/mol. The Labute approximate surface area is 168 Å². The minimum absolute atomic E-state index is 0.359. The van der Waals surface area contributed by atoms with E-state index < -0.39 is 0 Å². The molecule has 6 heteroatoms. The number of hydrogen-bond acceptors (Lipinski definition) is 5. The van der Waals surface area contributed by atoms with Crippen LogP contribution in [0.4, 0.5) is 4.39 Å². The maximum atomic E-state index is 13.3. The third-order valence-corrected chi connectivity index (χ3v) is 4.28. The van der Waals surface area contributed by atoms with Crippen molar-refractivity contribution in [2.75, 3.05) is 13.8 Å². The Morgan fingerprint density at radius 3 is 2.00 bits per heavy atom. The lowest BCUT2D eigenvalue weighted by Crippen LogP contribution is -2.12. The fourth-order valence-corrected chi connectivity index (χ4v) is 2.73. The van der Waals surface area contributed by atoms with Crippen molar-refractivity contribution in [3.05, 3.63) is 95.8 Å². The molecule has 5 nitrogen and oxygen atoms in total. The topological polar surface area (TPSA) is 72.9 Å². The first-order chi connectivity index (χ1) is 14.1. The first-order valence-electron chi connectivity index (χ1n) is 8.76. The number of halogens is 1. The number of pyridine rings is 1. The van der Waals surface area contributed by atoms with E-state index in [2.05, 4.69) is 11.1 Å². The number of benzene rings is 2. The summed E-state index contributed by atoms with van der Waals surface area (Å²) in [5, 5.41) is 17.3. The van der Waals surface area contributed by atoms with Gasteiger partial charge in [-0.05, 0) is 35.9 Å². The molecule has 0 saturated heterocycles. The summed E-state index contributed by atoms with van der Waals surface area (Å²) in [4.78, 5) is 5.69. The highest BCUT2D eigenvalue weighted by Gasteiger charge is 2.13. The van der Waals surface area contributed by atoms with Gasteiger partial charge in [0, 0.05) is 24.4 Å². The van der Waals surface area contributed by atoms with Gasteiger partial charge < -0.3 is 9.64 Å². The number of aromatic nitrogens is 1. The van der Waals surface area contributed by atoms with Crippen LogP contribution >= 0.6 is 0 Å². The van der Waals surface area contributed by atoms with Crippen LogP contribution < -0.4 is 0 Å². The summed E-state index contributed by atoms with van der Waals surface area (Å²) in [7, 11) is 1.97. The second kappa shape index (κ2) is 9.16. The average molecular weight is 384 g/mol. The van der Waals surface area contributed by atoms with Gasteiger partial charge in [0.2, 0.25) is 0 Å². The molecule has 0 saturated carbocycles. The van der Waals surface area contributed by atoms with E-state index in [0.29, 0.717) is 23.4 Å². The molecule has 142 valence electrons. The smallest absolute Gasteiger partial charge is 0.160 e. The van der Waals surface area contributed by atoms with Crippen LogP contribution in [0.3, 0.4) is 0 Å². The molecule has 0 bridgehead atoms. The molecule has 1 aliphatic heterocycles. The summed E-state index contributed by atoms with van der Waals surface area (Å²) in [6.45, 7) is 0.593. The quantitative estimate of drug-likeness (QED) is 0.649. The zero-order chi connectivity index (χ0) is 20.6. The van der Waals surface area contributed by atoms with Crippen LogP contribution in [0.15, 0.2) is 73.3 Å². The van der Waals surface area contributed by atoms with Crippen LogP contribution in [0, 0.1) is 28.5 Å². The van der Waals surface area contributed by atoms with Crippen molar-refractivity contribution in [2.45, 2.75) is 0 Å². The number of rotatable bonds is 2. The van der Waals surface area contributed by atoms with Gasteiger partial charge in [-0.3, -0.25) is 4.98 Å². The molecule has 4 rings (SSSR count). The number of ether oxygens (including phenoxy) is 1. The Morgan fingerprint density at radius 2 is 1.52 bits per heavy atom. The molecular formula is C23H17FN4O. The van der Waals surface area contributed by atoms with Gasteiger partial charge in [0.05, 0.1) is 35.2 Å². The van der Waals surface area contributed by atoms with E-state index in [1.54, 1.807) is 36.6 Å². The Balaban J connectivity index is 0.000000166. The third kappa shape index (κ3) is 4.77. The molecule has 29 heavy (non-hydrogen) atoms. The van der Waals surface area contributed by atoms with Crippen LogP contribution in [-0.2, 0) is 4.74 Å². The Morgan fingerprint density at radius 1 is 0.931 bits per heavy atom. The largest absolute Gasteiger partial charge is 0.479 e. The summed E-state index contributed by atoms with van der Waals surface area (Å²) < 4.78 is 18.5. The highest BCUT2D eigenvalue weighted by atomic mass is 19.1. The highest BCUT2D eigenvalue weighted by molar-refractivity contribution is 5.65. The maximum Gasteiger partial charge on any atom is 0.160 e. The summed E-state index contributed by atoms with van der Waals surface area (Å²) >= 11 is 0. The summed E-state index contributed by atoms with van der Waals surface area (Å²) in [5.74, 6) is -0.359. The predicted octanol–water partition coefficient (Wildman–Crippen LogP) is 4.54. The number of hydrogen-bond donors (Lipinski definition) is 0. The van der Waals surface area contributed by atoms with Gasteiger partial charge >= 0.3 is 0 Å². The van der Waals surface area contributed by atoms with Gasteiger partial charge in [-0.2, -0.15) is 10.5 Å². The molecule has 0 unspecified atom stereocenters. The van der Waals surface area contributed by atoms with Crippen molar-refractivity contribution in [1.29, 1.82) is 10.5 Å². The van der Waals surface area contributed by atoms with Crippen molar-refractivity contribution in [3.8, 4) is 23.3 Å². The molecule has 1 aliphatic rings. The third-order valence-electron chi connectivity index (χ3n) is 4.28. The average Bonchev–Trinajstić information content (AvgIpc) is 3.20. The zero-order valence-electron chi connectivity index (χ0n) is 15.7. The van der Waals surface area contributed by atoms with Gasteiger partial charge in [0.25, 0.3) is 0 Å². The van der Waals surface area contributed by atoms with Crippen molar-refractivity contribution < 1.29 is 9.13 Å². The molecule has 3 aromatic rings. The van der Waals surface area contributed by atoms with E-state index >= 15 is 0 Å². The van der Waals surface area contributed by atoms with Gasteiger partial charge in [-0.15, -0.1) is 0 Å². The Hall–Kier alpha value is -4.16. The first-order valence-corrected chi connectivity index (χ1v) is 8.76. The van der Waals surface area contributed by atoms with Crippen LogP contribution in [0.1, 0.15) is 16.7 Å². The number of nitrogens with zero attached hydrogens (tertiary/aromatic N) is 4. The Kier molecular flexibility index (Phi) is 6.19. The van der Waals surface area contributed by atoms with E-state index in [1.807, 2.05) is 42.3 Å². The van der Waals surface area contributed by atoms with E-state index in [0.717, 1.165) is 16.8 Å². The molecule has 0 radical (unpaired) electrons. The van der Waals surface area contributed by atoms with Crippen molar-refractivity contribution in [2.24, 2.45) is 0 Å². The van der Waals surface area contributed by atoms with Crippen LogP contribution in [0.5, 0.6) is 0 Å². The lowest BCUT2D eigenvalue weighted by Gasteiger charge is -2.12. The highest BCUT2D eigenvalue weighted by Crippen LogP contribution is 2.23.